The zero-order chi connectivity index (χ0) is 21.9. The number of halogens is 3. The van der Waals surface area contributed by atoms with Crippen LogP contribution >= 0.6 is 0 Å². The van der Waals surface area contributed by atoms with Gasteiger partial charge in [-0.05, 0) is 24.3 Å². The molecule has 0 aliphatic rings. The van der Waals surface area contributed by atoms with Crippen molar-refractivity contribution < 1.29 is 27.5 Å². The monoisotopic (exact) mass is 418 g/mol. The van der Waals surface area contributed by atoms with Crippen LogP contribution in [0.15, 0.2) is 53.3 Å². The van der Waals surface area contributed by atoms with Gasteiger partial charge >= 0.3 is 12.1 Å². The third kappa shape index (κ3) is 4.73. The van der Waals surface area contributed by atoms with Crippen LogP contribution in [0.2, 0.25) is 0 Å². The van der Waals surface area contributed by atoms with Gasteiger partial charge in [-0.1, -0.05) is 24.3 Å². The molecule has 2 aromatic carbocycles. The van der Waals surface area contributed by atoms with Gasteiger partial charge in [0, 0.05) is 19.0 Å². The van der Waals surface area contributed by atoms with E-state index >= 15 is 0 Å². The molecule has 0 bridgehead atoms. The Balaban J connectivity index is 1.61. The first-order valence-corrected chi connectivity index (χ1v) is 8.97. The molecule has 3 aromatic rings. The van der Waals surface area contributed by atoms with E-state index in [4.69, 9.17) is 4.74 Å². The van der Waals surface area contributed by atoms with E-state index in [0.717, 1.165) is 12.1 Å². The van der Waals surface area contributed by atoms with Crippen molar-refractivity contribution in [3.05, 3.63) is 75.8 Å². The number of rotatable bonds is 6. The van der Waals surface area contributed by atoms with Gasteiger partial charge < -0.3 is 4.74 Å². The van der Waals surface area contributed by atoms with E-state index in [2.05, 4.69) is 4.98 Å². The molecule has 0 unspecified atom stereocenters. The summed E-state index contributed by atoms with van der Waals surface area (Å²) in [6.45, 7) is -0.676. The molecule has 0 aliphatic heterocycles. The first-order valence-electron chi connectivity index (χ1n) is 8.97. The summed E-state index contributed by atoms with van der Waals surface area (Å²) in [4.78, 5) is 40.7. The van der Waals surface area contributed by atoms with Crippen molar-refractivity contribution in [2.45, 2.75) is 19.0 Å². The smallest absolute Gasteiger partial charge is 0.416 e. The van der Waals surface area contributed by atoms with Gasteiger partial charge in [-0.15, -0.1) is 0 Å². The zero-order valence-corrected chi connectivity index (χ0v) is 15.9. The highest BCUT2D eigenvalue weighted by Crippen LogP contribution is 2.29. The molecule has 0 radical (unpaired) electrons. The highest BCUT2D eigenvalue weighted by Gasteiger charge is 2.30. The Morgan fingerprint density at radius 3 is 2.57 bits per heavy atom. The number of aryl methyl sites for hydroxylation is 1. The second-order valence-electron chi connectivity index (χ2n) is 6.57. The van der Waals surface area contributed by atoms with Gasteiger partial charge in [-0.2, -0.15) is 13.2 Å². The van der Waals surface area contributed by atoms with Crippen LogP contribution in [0, 0.1) is 0 Å². The Morgan fingerprint density at radius 2 is 1.83 bits per heavy atom. The molecule has 0 aliphatic carbocycles. The van der Waals surface area contributed by atoms with E-state index in [1.54, 1.807) is 31.3 Å². The second-order valence-corrected chi connectivity index (χ2v) is 6.57. The first-order chi connectivity index (χ1) is 14.2. The molecule has 0 fully saturated rings. The number of fused-ring (bicyclic) bond motifs is 1. The Bertz CT molecular complexity index is 1170. The second kappa shape index (κ2) is 8.48. The van der Waals surface area contributed by atoms with Crippen molar-refractivity contribution in [3.63, 3.8) is 0 Å². The molecule has 0 atom stereocenters. The molecule has 156 valence electrons. The van der Waals surface area contributed by atoms with Crippen molar-refractivity contribution in [2.24, 2.45) is 7.05 Å². The Kier molecular flexibility index (Phi) is 6.00. The number of ketones is 1. The highest BCUT2D eigenvalue weighted by atomic mass is 19.4. The number of hydrogen-bond acceptors (Lipinski definition) is 5. The molecule has 0 saturated carbocycles. The number of carbonyl (C=O) groups excluding carboxylic acids is 2. The summed E-state index contributed by atoms with van der Waals surface area (Å²) in [5, 5.41) is 0.456. The maximum absolute atomic E-state index is 12.7. The predicted molar refractivity (Wildman–Crippen MR) is 102 cm³/mol. The van der Waals surface area contributed by atoms with Crippen LogP contribution in [0.4, 0.5) is 13.2 Å². The molecule has 1 aromatic heterocycles. The summed E-state index contributed by atoms with van der Waals surface area (Å²) < 4.78 is 44.4. The summed E-state index contributed by atoms with van der Waals surface area (Å²) in [5.41, 5.74) is -0.897. The van der Waals surface area contributed by atoms with Crippen molar-refractivity contribution in [3.8, 4) is 0 Å². The topological polar surface area (TPSA) is 78.3 Å². The molecule has 30 heavy (non-hydrogen) atoms. The number of para-hydroxylation sites is 1. The van der Waals surface area contributed by atoms with Crippen molar-refractivity contribution in [1.82, 2.24) is 9.55 Å². The number of ether oxygens (including phenoxy) is 1. The van der Waals surface area contributed by atoms with Crippen molar-refractivity contribution in [1.29, 1.82) is 0 Å². The normalized spacial score (nSPS) is 11.5. The largest absolute Gasteiger partial charge is 0.457 e. The number of nitrogens with zero attached hydrogens (tertiary/aromatic N) is 2. The van der Waals surface area contributed by atoms with Crippen LogP contribution in [0.1, 0.15) is 28.2 Å². The van der Waals surface area contributed by atoms with E-state index in [0.29, 0.717) is 22.8 Å². The lowest BCUT2D eigenvalue weighted by atomic mass is 10.1. The van der Waals surface area contributed by atoms with E-state index in [1.807, 2.05) is 0 Å². The quantitative estimate of drug-likeness (QED) is 0.453. The summed E-state index contributed by atoms with van der Waals surface area (Å²) in [5.74, 6) is -1.09. The third-order valence-corrected chi connectivity index (χ3v) is 4.50. The van der Waals surface area contributed by atoms with E-state index < -0.39 is 30.1 Å². The van der Waals surface area contributed by atoms with Crippen LogP contribution in [-0.2, 0) is 29.2 Å². The minimum Gasteiger partial charge on any atom is -0.457 e. The molecule has 9 heteroatoms. The van der Waals surface area contributed by atoms with Crippen LogP contribution in [-0.4, -0.2) is 27.9 Å². The van der Waals surface area contributed by atoms with Gasteiger partial charge in [0.05, 0.1) is 22.9 Å². The highest BCUT2D eigenvalue weighted by molar-refractivity contribution is 5.98. The van der Waals surface area contributed by atoms with Gasteiger partial charge in [-0.25, -0.2) is 4.98 Å². The molecule has 0 spiro atoms. The molecule has 6 nitrogen and oxygen atoms in total. The van der Waals surface area contributed by atoms with Gasteiger partial charge in [0.25, 0.3) is 5.56 Å². The van der Waals surface area contributed by atoms with Crippen LogP contribution in [0.5, 0.6) is 0 Å². The molecular formula is C21H17F3N2O4. The lowest BCUT2D eigenvalue weighted by Crippen LogP contribution is -2.23. The fraction of sp³-hybridized carbons (Fsp3) is 0.238. The minimum absolute atomic E-state index is 0.104. The third-order valence-electron chi connectivity index (χ3n) is 4.50. The molecule has 0 saturated heterocycles. The maximum atomic E-state index is 12.7. The summed E-state index contributed by atoms with van der Waals surface area (Å²) >= 11 is 0. The average Bonchev–Trinajstić information content (AvgIpc) is 2.73. The number of carbonyl (C=O) groups is 2. The SMILES string of the molecule is Cn1c(CCC(=O)OCC(=O)c2cccc(C(F)(F)F)c2)nc2ccccc2c1=O. The number of Topliss-reactive ketones (excluding diaryl/α,β-unsaturated/α-hetero) is 1. The van der Waals surface area contributed by atoms with Gasteiger partial charge in [0.15, 0.2) is 12.4 Å². The lowest BCUT2D eigenvalue weighted by Gasteiger charge is -2.10. The minimum atomic E-state index is -4.57. The fourth-order valence-electron chi connectivity index (χ4n) is 2.87. The standard InChI is InChI=1S/C21H17F3N2O4/c1-26-18(25-16-8-3-2-7-15(16)20(26)29)9-10-19(28)30-12-17(27)13-5-4-6-14(11-13)21(22,23)24/h2-8,11H,9-10,12H2,1H3. The number of aromatic nitrogens is 2. The van der Waals surface area contributed by atoms with Crippen molar-refractivity contribution >= 4 is 22.7 Å². The van der Waals surface area contributed by atoms with Gasteiger partial charge in [0.1, 0.15) is 5.82 Å². The van der Waals surface area contributed by atoms with Crippen LogP contribution < -0.4 is 5.56 Å². The van der Waals surface area contributed by atoms with Gasteiger partial charge in [-0.3, -0.25) is 19.0 Å². The van der Waals surface area contributed by atoms with Crippen LogP contribution in [0.3, 0.4) is 0 Å². The van der Waals surface area contributed by atoms with E-state index in [9.17, 15) is 27.6 Å². The maximum Gasteiger partial charge on any atom is 0.416 e. The van der Waals surface area contributed by atoms with E-state index in [1.165, 1.54) is 10.6 Å². The molecule has 0 amide bonds. The molecule has 1 heterocycles. The average molecular weight is 418 g/mol. The predicted octanol–water partition coefficient (Wildman–Crippen LogP) is 3.31. The molecule has 3 rings (SSSR count). The van der Waals surface area contributed by atoms with Crippen molar-refractivity contribution in [2.75, 3.05) is 6.61 Å². The van der Waals surface area contributed by atoms with Crippen LogP contribution in [0.25, 0.3) is 10.9 Å². The summed E-state index contributed by atoms with van der Waals surface area (Å²) in [6, 6.07) is 10.7. The number of hydrogen-bond donors (Lipinski definition) is 0. The Morgan fingerprint density at radius 1 is 1.10 bits per heavy atom. The Labute approximate surface area is 168 Å². The Hall–Kier alpha value is -3.49. The number of benzene rings is 2. The lowest BCUT2D eigenvalue weighted by molar-refractivity contribution is -0.142. The summed E-state index contributed by atoms with van der Waals surface area (Å²) in [7, 11) is 1.54. The summed E-state index contributed by atoms with van der Waals surface area (Å²) in [6.07, 6.45) is -4.61. The molecule has 0 N–H and O–H groups in total. The number of esters is 1. The number of alkyl halides is 3. The fourth-order valence-corrected chi connectivity index (χ4v) is 2.87. The first kappa shape index (κ1) is 21.2. The molecular weight excluding hydrogens is 401 g/mol. The van der Waals surface area contributed by atoms with E-state index in [-0.39, 0.29) is 24.0 Å². The zero-order valence-electron chi connectivity index (χ0n) is 15.9. The van der Waals surface area contributed by atoms with Gasteiger partial charge in [0.2, 0.25) is 0 Å².